The summed E-state index contributed by atoms with van der Waals surface area (Å²) in [7, 11) is 0. The quantitative estimate of drug-likeness (QED) is 0.455. The maximum Gasteiger partial charge on any atom is 0.293 e. The highest BCUT2D eigenvalue weighted by atomic mass is 32.2. The molecule has 1 aliphatic rings. The maximum absolute atomic E-state index is 13.1. The number of amides is 2. The van der Waals surface area contributed by atoms with E-state index in [0.717, 1.165) is 34.2 Å². The van der Waals surface area contributed by atoms with Gasteiger partial charge in [0.05, 0.1) is 11.4 Å². The Morgan fingerprint density at radius 2 is 1.84 bits per heavy atom. The Morgan fingerprint density at radius 1 is 1.06 bits per heavy atom. The fourth-order valence-corrected chi connectivity index (χ4v) is 3.98. The summed E-state index contributed by atoms with van der Waals surface area (Å²) in [6, 6.07) is 15.3. The van der Waals surface area contributed by atoms with Crippen molar-refractivity contribution in [3.63, 3.8) is 0 Å². The Bertz CT molecular complexity index is 1170. The lowest BCUT2D eigenvalue weighted by Gasteiger charge is -2.14. The second-order valence-corrected chi connectivity index (χ2v) is 8.15. The molecular formula is C24H20FNO4S. The van der Waals surface area contributed by atoms with Gasteiger partial charge in [0.1, 0.15) is 29.7 Å². The molecule has 1 saturated heterocycles. The zero-order valence-corrected chi connectivity index (χ0v) is 17.9. The van der Waals surface area contributed by atoms with Crippen LogP contribution in [0.15, 0.2) is 63.9 Å². The summed E-state index contributed by atoms with van der Waals surface area (Å²) >= 11 is 0.869. The molecule has 4 rings (SSSR count). The molecule has 3 aromatic rings. The van der Waals surface area contributed by atoms with Gasteiger partial charge in [-0.15, -0.1) is 0 Å². The van der Waals surface area contributed by atoms with E-state index < -0.39 is 0 Å². The number of nitrogens with zero attached hydrogens (tertiary/aromatic N) is 1. The molecule has 0 spiro atoms. The van der Waals surface area contributed by atoms with E-state index in [9.17, 15) is 14.0 Å². The average Bonchev–Trinajstić information content (AvgIpc) is 3.31. The van der Waals surface area contributed by atoms with Gasteiger partial charge in [-0.1, -0.05) is 12.1 Å². The van der Waals surface area contributed by atoms with Crippen molar-refractivity contribution in [1.82, 2.24) is 4.90 Å². The van der Waals surface area contributed by atoms with Crippen molar-refractivity contribution in [2.45, 2.75) is 13.8 Å². The second-order valence-electron chi connectivity index (χ2n) is 7.16. The van der Waals surface area contributed by atoms with Crippen molar-refractivity contribution >= 4 is 29.0 Å². The number of imide groups is 1. The van der Waals surface area contributed by atoms with Gasteiger partial charge in [0.15, 0.2) is 0 Å². The largest absolute Gasteiger partial charge is 0.491 e. The first kappa shape index (κ1) is 20.9. The van der Waals surface area contributed by atoms with Crippen LogP contribution in [0.4, 0.5) is 9.18 Å². The molecule has 2 aromatic carbocycles. The number of furan rings is 1. The van der Waals surface area contributed by atoms with E-state index in [2.05, 4.69) is 0 Å². The van der Waals surface area contributed by atoms with Crippen LogP contribution in [0.2, 0.25) is 0 Å². The molecule has 0 N–H and O–H groups in total. The first-order valence-corrected chi connectivity index (χ1v) is 10.5. The molecule has 0 radical (unpaired) electrons. The number of rotatable bonds is 6. The van der Waals surface area contributed by atoms with Crippen molar-refractivity contribution in [3.05, 3.63) is 82.2 Å². The van der Waals surface area contributed by atoms with Gasteiger partial charge in [-0.05, 0) is 79.2 Å². The van der Waals surface area contributed by atoms with E-state index in [1.165, 1.54) is 17.0 Å². The summed E-state index contributed by atoms with van der Waals surface area (Å²) in [4.78, 5) is 26.4. The highest BCUT2D eigenvalue weighted by Crippen LogP contribution is 2.33. The van der Waals surface area contributed by atoms with E-state index in [4.69, 9.17) is 9.15 Å². The number of aryl methyl sites for hydroxylation is 2. The molecule has 1 fully saturated rings. The van der Waals surface area contributed by atoms with Gasteiger partial charge in [-0.3, -0.25) is 14.5 Å². The van der Waals surface area contributed by atoms with E-state index in [0.29, 0.717) is 11.5 Å². The number of hydrogen-bond donors (Lipinski definition) is 0. The van der Waals surface area contributed by atoms with Gasteiger partial charge < -0.3 is 9.15 Å². The fourth-order valence-electron chi connectivity index (χ4n) is 3.13. The Morgan fingerprint density at radius 3 is 2.61 bits per heavy atom. The molecule has 5 nitrogen and oxygen atoms in total. The zero-order valence-electron chi connectivity index (χ0n) is 17.1. The van der Waals surface area contributed by atoms with Crippen molar-refractivity contribution in [2.24, 2.45) is 0 Å². The van der Waals surface area contributed by atoms with Crippen LogP contribution < -0.4 is 4.74 Å². The fraction of sp³-hybridized carbons (Fsp3) is 0.167. The topological polar surface area (TPSA) is 59.8 Å². The van der Waals surface area contributed by atoms with Gasteiger partial charge >= 0.3 is 0 Å². The SMILES string of the molecule is Cc1ccc(C)c(OCCN2C(=O)S/C(=C\c3ccc(-c4ccc(F)cc4)o3)C2=O)c1. The summed E-state index contributed by atoms with van der Waals surface area (Å²) in [5.41, 5.74) is 2.79. The highest BCUT2D eigenvalue weighted by molar-refractivity contribution is 8.18. The minimum atomic E-state index is -0.376. The lowest BCUT2D eigenvalue weighted by Crippen LogP contribution is -2.32. The number of benzene rings is 2. The van der Waals surface area contributed by atoms with Crippen LogP contribution in [0.3, 0.4) is 0 Å². The van der Waals surface area contributed by atoms with Crippen LogP contribution in [0, 0.1) is 19.7 Å². The molecule has 0 unspecified atom stereocenters. The number of halogens is 1. The normalized spacial score (nSPS) is 15.2. The number of carbonyl (C=O) groups excluding carboxylic acids is 2. The molecule has 1 aromatic heterocycles. The van der Waals surface area contributed by atoms with Crippen LogP contribution in [0.5, 0.6) is 5.75 Å². The summed E-state index contributed by atoms with van der Waals surface area (Å²) in [5.74, 6) is 1.03. The van der Waals surface area contributed by atoms with E-state index >= 15 is 0 Å². The lowest BCUT2D eigenvalue weighted by molar-refractivity contribution is -0.123. The molecule has 0 aliphatic carbocycles. The number of carbonyl (C=O) groups is 2. The smallest absolute Gasteiger partial charge is 0.293 e. The van der Waals surface area contributed by atoms with Crippen LogP contribution in [0.1, 0.15) is 16.9 Å². The number of thioether (sulfide) groups is 1. The van der Waals surface area contributed by atoms with Gasteiger partial charge in [0.25, 0.3) is 11.1 Å². The molecule has 158 valence electrons. The minimum Gasteiger partial charge on any atom is -0.491 e. The summed E-state index contributed by atoms with van der Waals surface area (Å²) in [6.45, 7) is 4.30. The Kier molecular flexibility index (Phi) is 5.95. The van der Waals surface area contributed by atoms with Crippen molar-refractivity contribution in [3.8, 4) is 17.1 Å². The van der Waals surface area contributed by atoms with Crippen LogP contribution >= 0.6 is 11.8 Å². The van der Waals surface area contributed by atoms with Gasteiger partial charge in [-0.2, -0.15) is 0 Å². The first-order chi connectivity index (χ1) is 14.9. The van der Waals surface area contributed by atoms with Gasteiger partial charge in [0.2, 0.25) is 0 Å². The van der Waals surface area contributed by atoms with Crippen LogP contribution in [-0.2, 0) is 4.79 Å². The predicted octanol–water partition coefficient (Wildman–Crippen LogP) is 5.82. The third-order valence-corrected chi connectivity index (χ3v) is 5.73. The summed E-state index contributed by atoms with van der Waals surface area (Å²) in [6.07, 6.45) is 1.55. The third kappa shape index (κ3) is 4.72. The molecule has 2 heterocycles. The van der Waals surface area contributed by atoms with Crippen LogP contribution in [0.25, 0.3) is 17.4 Å². The molecule has 0 saturated carbocycles. The van der Waals surface area contributed by atoms with E-state index in [1.807, 2.05) is 32.0 Å². The first-order valence-electron chi connectivity index (χ1n) is 9.72. The number of hydrogen-bond acceptors (Lipinski definition) is 5. The lowest BCUT2D eigenvalue weighted by atomic mass is 10.1. The highest BCUT2D eigenvalue weighted by Gasteiger charge is 2.35. The molecule has 31 heavy (non-hydrogen) atoms. The molecule has 0 bridgehead atoms. The summed E-state index contributed by atoms with van der Waals surface area (Å²) < 4.78 is 24.6. The van der Waals surface area contributed by atoms with E-state index in [-0.39, 0.29) is 35.0 Å². The summed E-state index contributed by atoms with van der Waals surface area (Å²) in [5, 5.41) is -0.342. The van der Waals surface area contributed by atoms with Crippen molar-refractivity contribution in [2.75, 3.05) is 13.2 Å². The Balaban J connectivity index is 1.41. The standard InChI is InChI=1S/C24H20FNO4S/c1-15-3-4-16(2)21(13-15)29-12-11-26-23(27)22(31-24(26)28)14-19-9-10-20(30-19)17-5-7-18(25)8-6-17/h3-10,13-14H,11-12H2,1-2H3/b22-14-. The zero-order chi connectivity index (χ0) is 22.0. The van der Waals surface area contributed by atoms with Crippen LogP contribution in [-0.4, -0.2) is 29.2 Å². The average molecular weight is 437 g/mol. The second kappa shape index (κ2) is 8.81. The number of ether oxygens (including phenoxy) is 1. The monoisotopic (exact) mass is 437 g/mol. The molecular weight excluding hydrogens is 417 g/mol. The van der Waals surface area contributed by atoms with Gasteiger partial charge in [-0.25, -0.2) is 4.39 Å². The Labute approximate surface area is 183 Å². The van der Waals surface area contributed by atoms with Crippen molar-refractivity contribution < 1.29 is 23.1 Å². The van der Waals surface area contributed by atoms with E-state index in [1.54, 1.807) is 30.3 Å². The predicted molar refractivity (Wildman–Crippen MR) is 118 cm³/mol. The molecule has 7 heteroatoms. The molecule has 2 amide bonds. The molecule has 0 atom stereocenters. The minimum absolute atomic E-state index is 0.161. The Hall–Kier alpha value is -3.32. The maximum atomic E-state index is 13.1. The third-order valence-electron chi connectivity index (χ3n) is 4.82. The van der Waals surface area contributed by atoms with Gasteiger partial charge in [0, 0.05) is 11.6 Å². The van der Waals surface area contributed by atoms with Crippen molar-refractivity contribution in [1.29, 1.82) is 0 Å². The molecule has 1 aliphatic heterocycles.